The van der Waals surface area contributed by atoms with Crippen molar-refractivity contribution in [2.45, 2.75) is 31.2 Å². The van der Waals surface area contributed by atoms with E-state index in [1.807, 2.05) is 38.1 Å². The minimum absolute atomic E-state index is 0.136. The van der Waals surface area contributed by atoms with E-state index in [9.17, 15) is 13.2 Å². The summed E-state index contributed by atoms with van der Waals surface area (Å²) in [6, 6.07) is 20.3. The highest BCUT2D eigenvalue weighted by molar-refractivity contribution is 7.92. The number of anilines is 1. The fraction of sp³-hybridized carbons (Fsp3) is 0.174. The first kappa shape index (κ1) is 21.9. The zero-order valence-corrected chi connectivity index (χ0v) is 18.3. The fourth-order valence-corrected chi connectivity index (χ4v) is 4.31. The van der Waals surface area contributed by atoms with Gasteiger partial charge in [-0.15, -0.1) is 0 Å². The molecule has 0 unspecified atom stereocenters. The lowest BCUT2D eigenvalue weighted by atomic mass is 10.0. The quantitative estimate of drug-likeness (QED) is 0.519. The summed E-state index contributed by atoms with van der Waals surface area (Å²) in [7, 11) is -3.77. The molecule has 2 N–H and O–H groups in total. The lowest BCUT2D eigenvalue weighted by Gasteiger charge is -2.18. The summed E-state index contributed by atoms with van der Waals surface area (Å²) >= 11 is 6.23. The Morgan fingerprint density at radius 3 is 2.30 bits per heavy atom. The minimum atomic E-state index is -3.77. The third kappa shape index (κ3) is 5.20. The van der Waals surface area contributed by atoms with Crippen LogP contribution in [-0.2, 0) is 10.0 Å². The lowest BCUT2D eigenvalue weighted by Crippen LogP contribution is -2.28. The summed E-state index contributed by atoms with van der Waals surface area (Å²) in [4.78, 5) is 13.0. The molecule has 0 aliphatic heterocycles. The zero-order valence-electron chi connectivity index (χ0n) is 16.7. The Kier molecular flexibility index (Phi) is 6.80. The predicted octanol–water partition coefficient (Wildman–Crippen LogP) is 5.33. The molecule has 1 amide bonds. The number of carbonyl (C=O) groups is 1. The number of halogens is 1. The molecule has 1 atom stereocenters. The Morgan fingerprint density at radius 1 is 1.00 bits per heavy atom. The summed E-state index contributed by atoms with van der Waals surface area (Å²) < 4.78 is 27.6. The summed E-state index contributed by atoms with van der Waals surface area (Å²) in [6.07, 6.45) is 0.701. The molecule has 3 aromatic rings. The monoisotopic (exact) mass is 442 g/mol. The van der Waals surface area contributed by atoms with Crippen molar-refractivity contribution < 1.29 is 13.2 Å². The van der Waals surface area contributed by atoms with Crippen molar-refractivity contribution in [1.82, 2.24) is 5.32 Å². The minimum Gasteiger partial charge on any atom is -0.345 e. The predicted molar refractivity (Wildman–Crippen MR) is 120 cm³/mol. The van der Waals surface area contributed by atoms with Crippen LogP contribution < -0.4 is 10.0 Å². The third-order valence-electron chi connectivity index (χ3n) is 4.71. The second-order valence-electron chi connectivity index (χ2n) is 6.96. The highest BCUT2D eigenvalue weighted by Gasteiger charge is 2.19. The van der Waals surface area contributed by atoms with Gasteiger partial charge in [-0.3, -0.25) is 9.52 Å². The average Bonchev–Trinajstić information content (AvgIpc) is 2.74. The Labute approximate surface area is 182 Å². The molecule has 0 fully saturated rings. The van der Waals surface area contributed by atoms with Crippen LogP contribution in [0, 0.1) is 6.92 Å². The fourth-order valence-electron chi connectivity index (χ4n) is 3.03. The molecule has 0 heterocycles. The van der Waals surface area contributed by atoms with E-state index in [0.29, 0.717) is 6.42 Å². The molecule has 30 heavy (non-hydrogen) atoms. The van der Waals surface area contributed by atoms with Crippen LogP contribution in [0.5, 0.6) is 0 Å². The second-order valence-corrected chi connectivity index (χ2v) is 9.05. The maximum absolute atomic E-state index is 12.9. The second kappa shape index (κ2) is 9.32. The van der Waals surface area contributed by atoms with Crippen molar-refractivity contribution in [3.63, 3.8) is 0 Å². The molecule has 0 saturated carbocycles. The molecular weight excluding hydrogens is 420 g/mol. The van der Waals surface area contributed by atoms with E-state index in [1.54, 1.807) is 18.2 Å². The Bertz CT molecular complexity index is 1130. The zero-order chi connectivity index (χ0) is 21.7. The van der Waals surface area contributed by atoms with Gasteiger partial charge >= 0.3 is 0 Å². The molecule has 0 aliphatic carbocycles. The molecule has 7 heteroatoms. The largest absolute Gasteiger partial charge is 0.345 e. The highest BCUT2D eigenvalue weighted by Crippen LogP contribution is 2.25. The van der Waals surface area contributed by atoms with E-state index in [-0.39, 0.29) is 33.1 Å². The average molecular weight is 443 g/mol. The first-order valence-electron chi connectivity index (χ1n) is 9.55. The maximum atomic E-state index is 12.9. The van der Waals surface area contributed by atoms with E-state index in [1.165, 1.54) is 30.3 Å². The van der Waals surface area contributed by atoms with Gasteiger partial charge < -0.3 is 5.32 Å². The van der Waals surface area contributed by atoms with Crippen LogP contribution in [0.2, 0.25) is 5.02 Å². The van der Waals surface area contributed by atoms with Crippen molar-refractivity contribution >= 4 is 33.2 Å². The van der Waals surface area contributed by atoms with Crippen LogP contribution in [0.25, 0.3) is 0 Å². The van der Waals surface area contributed by atoms with Crippen LogP contribution in [0.1, 0.15) is 40.9 Å². The first-order valence-corrected chi connectivity index (χ1v) is 11.4. The molecule has 3 rings (SSSR count). The van der Waals surface area contributed by atoms with Crippen LogP contribution in [-0.4, -0.2) is 14.3 Å². The molecular formula is C23H23ClN2O3S. The molecule has 5 nitrogen and oxygen atoms in total. The van der Waals surface area contributed by atoms with Gasteiger partial charge in [0.05, 0.1) is 21.5 Å². The Hall–Kier alpha value is -2.83. The SMILES string of the molecule is CC[C@@H](NC(=O)c1cc(NS(=O)(=O)c2ccccc2)ccc1Cl)c1ccc(C)cc1. The van der Waals surface area contributed by atoms with E-state index in [0.717, 1.165) is 11.1 Å². The molecule has 0 saturated heterocycles. The van der Waals surface area contributed by atoms with Gasteiger partial charge in [-0.25, -0.2) is 8.42 Å². The van der Waals surface area contributed by atoms with Crippen molar-refractivity contribution in [3.8, 4) is 0 Å². The van der Waals surface area contributed by atoms with Gasteiger partial charge in [0.25, 0.3) is 15.9 Å². The summed E-state index contributed by atoms with van der Waals surface area (Å²) in [6.45, 7) is 3.99. The first-order chi connectivity index (χ1) is 14.3. The smallest absolute Gasteiger partial charge is 0.261 e. The Balaban J connectivity index is 1.82. The topological polar surface area (TPSA) is 75.3 Å². The number of amides is 1. The van der Waals surface area contributed by atoms with Crippen LogP contribution in [0.4, 0.5) is 5.69 Å². The van der Waals surface area contributed by atoms with Crippen LogP contribution in [0.15, 0.2) is 77.7 Å². The molecule has 0 spiro atoms. The van der Waals surface area contributed by atoms with Crippen LogP contribution >= 0.6 is 11.6 Å². The van der Waals surface area contributed by atoms with Gasteiger partial charge in [0.2, 0.25) is 0 Å². The van der Waals surface area contributed by atoms with E-state index >= 15 is 0 Å². The molecule has 0 bridgehead atoms. The molecule has 0 aromatic heterocycles. The van der Waals surface area contributed by atoms with E-state index < -0.39 is 10.0 Å². The van der Waals surface area contributed by atoms with Crippen LogP contribution in [0.3, 0.4) is 0 Å². The molecule has 0 radical (unpaired) electrons. The lowest BCUT2D eigenvalue weighted by molar-refractivity contribution is 0.0935. The van der Waals surface area contributed by atoms with Gasteiger partial charge in [-0.1, -0.05) is 66.6 Å². The van der Waals surface area contributed by atoms with Crippen molar-refractivity contribution in [3.05, 3.63) is 94.5 Å². The molecule has 0 aliphatic rings. The van der Waals surface area contributed by atoms with E-state index in [4.69, 9.17) is 11.6 Å². The van der Waals surface area contributed by atoms with Gasteiger partial charge in [0.1, 0.15) is 0 Å². The number of benzene rings is 3. The molecule has 156 valence electrons. The number of hydrogen-bond donors (Lipinski definition) is 2. The normalized spacial score (nSPS) is 12.2. The third-order valence-corrected chi connectivity index (χ3v) is 6.44. The van der Waals surface area contributed by atoms with Gasteiger partial charge in [-0.2, -0.15) is 0 Å². The number of sulfonamides is 1. The molecule has 3 aromatic carbocycles. The van der Waals surface area contributed by atoms with Gasteiger partial charge in [-0.05, 0) is 49.2 Å². The number of aryl methyl sites for hydroxylation is 1. The summed E-state index contributed by atoms with van der Waals surface area (Å²) in [5, 5.41) is 3.23. The maximum Gasteiger partial charge on any atom is 0.261 e. The van der Waals surface area contributed by atoms with E-state index in [2.05, 4.69) is 10.0 Å². The standard InChI is InChI=1S/C23H23ClN2O3S/c1-3-22(17-11-9-16(2)10-12-17)25-23(27)20-15-18(13-14-21(20)24)26-30(28,29)19-7-5-4-6-8-19/h4-15,22,26H,3H2,1-2H3,(H,25,27)/t22-/m1/s1. The summed E-state index contributed by atoms with van der Waals surface area (Å²) in [5.41, 5.74) is 2.60. The number of nitrogens with one attached hydrogen (secondary N) is 2. The van der Waals surface area contributed by atoms with Crippen molar-refractivity contribution in [2.75, 3.05) is 4.72 Å². The Morgan fingerprint density at radius 2 is 1.67 bits per heavy atom. The number of carbonyl (C=O) groups excluding carboxylic acids is 1. The van der Waals surface area contributed by atoms with Gasteiger partial charge in [0.15, 0.2) is 0 Å². The summed E-state index contributed by atoms with van der Waals surface area (Å²) in [5.74, 6) is -0.367. The highest BCUT2D eigenvalue weighted by atomic mass is 35.5. The number of hydrogen-bond acceptors (Lipinski definition) is 3. The van der Waals surface area contributed by atoms with Crippen molar-refractivity contribution in [1.29, 1.82) is 0 Å². The van der Waals surface area contributed by atoms with Gasteiger partial charge in [0, 0.05) is 5.69 Å². The number of rotatable bonds is 7. The van der Waals surface area contributed by atoms with Crippen molar-refractivity contribution in [2.24, 2.45) is 0 Å².